The molecule has 0 fully saturated rings. The summed E-state index contributed by atoms with van der Waals surface area (Å²) in [7, 11) is 0. The molecule has 0 spiro atoms. The van der Waals surface area contributed by atoms with Crippen LogP contribution in [0, 0.1) is 5.92 Å². The first-order chi connectivity index (χ1) is 25.8. The van der Waals surface area contributed by atoms with Gasteiger partial charge in [0.1, 0.15) is 0 Å². The Morgan fingerprint density at radius 2 is 1.00 bits per heavy atom. The Kier molecular flexibility index (Phi) is 7.47. The molecule has 2 heterocycles. The van der Waals surface area contributed by atoms with Crippen molar-refractivity contribution < 1.29 is 0 Å². The van der Waals surface area contributed by atoms with Crippen molar-refractivity contribution in [2.45, 2.75) is 21.6 Å². The van der Waals surface area contributed by atoms with Crippen LogP contribution in [0.3, 0.4) is 0 Å². The van der Waals surface area contributed by atoms with E-state index in [0.717, 1.165) is 12.1 Å². The molecule has 10 rings (SSSR count). The maximum Gasteiger partial charge on any atom is 0.0558 e. The molecular weight excluding hydrogens is 649 g/mol. The first kappa shape index (κ1) is 30.8. The summed E-state index contributed by atoms with van der Waals surface area (Å²) in [5.41, 5.74) is 10.9. The molecule has 1 aliphatic carbocycles. The molecule has 0 bridgehead atoms. The van der Waals surface area contributed by atoms with E-state index in [2.05, 4.69) is 210 Å². The molecule has 8 aromatic rings. The van der Waals surface area contributed by atoms with Gasteiger partial charge in [-0.1, -0.05) is 139 Å². The number of rotatable bonds is 6. The highest BCUT2D eigenvalue weighted by molar-refractivity contribution is 7.99. The monoisotopic (exact) mass is 684 g/mol. The summed E-state index contributed by atoms with van der Waals surface area (Å²) < 4.78 is 2.37. The number of anilines is 3. The van der Waals surface area contributed by atoms with Crippen LogP contribution in [0.5, 0.6) is 0 Å². The largest absolute Gasteiger partial charge is 0.310 e. The fourth-order valence-corrected chi connectivity index (χ4v) is 9.56. The quantitative estimate of drug-likeness (QED) is 0.172. The first-order valence-electron chi connectivity index (χ1n) is 18.1. The molecule has 0 amide bonds. The van der Waals surface area contributed by atoms with E-state index in [4.69, 9.17) is 0 Å². The number of allylic oxidation sites excluding steroid dienone is 4. The average molecular weight is 685 g/mol. The van der Waals surface area contributed by atoms with Gasteiger partial charge in [0.05, 0.1) is 27.8 Å². The Bertz CT molecular complexity index is 2530. The van der Waals surface area contributed by atoms with Crippen LogP contribution in [-0.2, 0) is 5.41 Å². The number of benzene rings is 7. The van der Waals surface area contributed by atoms with Gasteiger partial charge in [-0.3, -0.25) is 0 Å². The van der Waals surface area contributed by atoms with Gasteiger partial charge in [0.25, 0.3) is 0 Å². The van der Waals surface area contributed by atoms with Crippen molar-refractivity contribution in [2.24, 2.45) is 5.92 Å². The predicted octanol–water partition coefficient (Wildman–Crippen LogP) is 13.2. The lowest BCUT2D eigenvalue weighted by molar-refractivity contribution is 0.445. The number of para-hydroxylation sites is 4. The second kappa shape index (κ2) is 12.6. The topological polar surface area (TPSA) is 8.17 Å². The van der Waals surface area contributed by atoms with Gasteiger partial charge < -0.3 is 9.47 Å². The molecule has 1 aromatic heterocycles. The van der Waals surface area contributed by atoms with Crippen molar-refractivity contribution in [2.75, 3.05) is 4.90 Å². The van der Waals surface area contributed by atoms with Crippen LogP contribution < -0.4 is 4.90 Å². The Balaban J connectivity index is 1.00. The third-order valence-corrected chi connectivity index (χ3v) is 11.9. The summed E-state index contributed by atoms with van der Waals surface area (Å²) in [6, 6.07) is 64.6. The molecule has 1 unspecified atom stereocenters. The van der Waals surface area contributed by atoms with E-state index in [0.29, 0.717) is 0 Å². The Labute approximate surface area is 309 Å². The summed E-state index contributed by atoms with van der Waals surface area (Å²) in [4.78, 5) is 4.89. The Morgan fingerprint density at radius 1 is 0.481 bits per heavy atom. The van der Waals surface area contributed by atoms with E-state index in [1.165, 1.54) is 65.3 Å². The van der Waals surface area contributed by atoms with Crippen molar-refractivity contribution in [1.82, 2.24) is 4.57 Å². The predicted molar refractivity (Wildman–Crippen MR) is 219 cm³/mol. The van der Waals surface area contributed by atoms with Gasteiger partial charge in [0.15, 0.2) is 0 Å². The highest BCUT2D eigenvalue weighted by Gasteiger charge is 2.49. The van der Waals surface area contributed by atoms with Gasteiger partial charge in [-0.25, -0.2) is 0 Å². The highest BCUT2D eigenvalue weighted by Crippen LogP contribution is 2.59. The summed E-state index contributed by atoms with van der Waals surface area (Å²) in [5.74, 6) is 0.282. The zero-order chi connectivity index (χ0) is 34.5. The van der Waals surface area contributed by atoms with Crippen LogP contribution in [0.1, 0.15) is 23.1 Å². The molecule has 1 aliphatic heterocycles. The molecule has 3 heteroatoms. The fourth-order valence-electron chi connectivity index (χ4n) is 8.75. The van der Waals surface area contributed by atoms with E-state index in [9.17, 15) is 0 Å². The van der Waals surface area contributed by atoms with Crippen molar-refractivity contribution >= 4 is 50.6 Å². The van der Waals surface area contributed by atoms with Crippen LogP contribution in [-0.4, -0.2) is 4.57 Å². The molecule has 248 valence electrons. The minimum Gasteiger partial charge on any atom is -0.310 e. The van der Waals surface area contributed by atoms with Gasteiger partial charge in [0, 0.05) is 31.9 Å². The number of fused-ring (bicyclic) bond motifs is 5. The lowest BCUT2D eigenvalue weighted by Crippen LogP contribution is -2.42. The molecule has 2 aliphatic rings. The normalized spacial score (nSPS) is 15.8. The summed E-state index contributed by atoms with van der Waals surface area (Å²) in [6.07, 6.45) is 10.1. The van der Waals surface area contributed by atoms with Crippen LogP contribution in [0.25, 0.3) is 27.5 Å². The maximum absolute atomic E-state index is 2.46. The van der Waals surface area contributed by atoms with Gasteiger partial charge in [-0.05, 0) is 102 Å². The lowest BCUT2D eigenvalue weighted by atomic mass is 9.58. The number of nitrogens with zero attached hydrogens (tertiary/aromatic N) is 2. The van der Waals surface area contributed by atoms with Gasteiger partial charge in [0.2, 0.25) is 0 Å². The first-order valence-corrected chi connectivity index (χ1v) is 18.9. The smallest absolute Gasteiger partial charge is 0.0558 e. The van der Waals surface area contributed by atoms with Gasteiger partial charge in [-0.2, -0.15) is 0 Å². The van der Waals surface area contributed by atoms with Crippen LogP contribution in [0.2, 0.25) is 0 Å². The van der Waals surface area contributed by atoms with E-state index in [1.54, 1.807) is 11.8 Å². The molecular formula is C49H36N2S. The number of hydrogen-bond donors (Lipinski definition) is 0. The minimum absolute atomic E-state index is 0.282. The Hall–Kier alpha value is -6.03. The highest BCUT2D eigenvalue weighted by atomic mass is 32.2. The SMILES string of the molecule is C1=CCC(C2(c3ccccc3)c3ccccc3N(c3ccc(Sc4ccc(-n5c6ccccc6c6ccccc65)cc4)cc3)c3ccccc32)C=C1. The molecule has 52 heavy (non-hydrogen) atoms. The van der Waals surface area contributed by atoms with Crippen molar-refractivity contribution in [3.8, 4) is 5.69 Å². The van der Waals surface area contributed by atoms with Gasteiger partial charge >= 0.3 is 0 Å². The van der Waals surface area contributed by atoms with Crippen molar-refractivity contribution in [3.05, 3.63) is 217 Å². The minimum atomic E-state index is -0.326. The molecule has 0 radical (unpaired) electrons. The fraction of sp³-hybridized carbons (Fsp3) is 0.0612. The summed E-state index contributed by atoms with van der Waals surface area (Å²) >= 11 is 1.80. The third kappa shape index (κ3) is 4.81. The van der Waals surface area contributed by atoms with E-state index in [1.807, 2.05) is 0 Å². The summed E-state index contributed by atoms with van der Waals surface area (Å²) in [6.45, 7) is 0. The number of aromatic nitrogens is 1. The van der Waals surface area contributed by atoms with Crippen molar-refractivity contribution in [3.63, 3.8) is 0 Å². The molecule has 2 nitrogen and oxygen atoms in total. The van der Waals surface area contributed by atoms with Crippen molar-refractivity contribution in [1.29, 1.82) is 0 Å². The molecule has 1 atom stereocenters. The zero-order valence-electron chi connectivity index (χ0n) is 28.6. The van der Waals surface area contributed by atoms with Crippen LogP contribution in [0.15, 0.2) is 210 Å². The zero-order valence-corrected chi connectivity index (χ0v) is 29.5. The van der Waals surface area contributed by atoms with E-state index < -0.39 is 0 Å². The second-order valence-electron chi connectivity index (χ2n) is 13.7. The molecule has 7 aromatic carbocycles. The van der Waals surface area contributed by atoms with E-state index in [-0.39, 0.29) is 11.3 Å². The van der Waals surface area contributed by atoms with E-state index >= 15 is 0 Å². The Morgan fingerprint density at radius 3 is 1.58 bits per heavy atom. The average Bonchev–Trinajstić information content (AvgIpc) is 3.56. The maximum atomic E-state index is 2.46. The van der Waals surface area contributed by atoms with Crippen LogP contribution >= 0.6 is 11.8 Å². The third-order valence-electron chi connectivity index (χ3n) is 10.9. The van der Waals surface area contributed by atoms with Gasteiger partial charge in [-0.15, -0.1) is 0 Å². The van der Waals surface area contributed by atoms with Crippen LogP contribution in [0.4, 0.5) is 17.1 Å². The number of hydrogen-bond acceptors (Lipinski definition) is 2. The molecule has 0 saturated carbocycles. The standard InChI is InChI=1S/C49H36N2S/c1-3-15-35(16-4-1)49(36-17-5-2-6-18-36)43-21-9-13-25-47(43)51(48-26-14-10-22-44(48)49)38-29-33-40(34-30-38)52-39-31-27-37(28-32-39)50-45-23-11-7-19-41(45)42-20-8-12-24-46(42)50/h1-17,19-34,36H,18H2. The molecule has 0 N–H and O–H groups in total. The molecule has 0 saturated heterocycles. The lowest BCUT2D eigenvalue weighted by Gasteiger charge is -2.49. The second-order valence-corrected chi connectivity index (χ2v) is 14.8. The summed E-state index contributed by atoms with van der Waals surface area (Å²) in [5, 5.41) is 2.56.